The summed E-state index contributed by atoms with van der Waals surface area (Å²) < 4.78 is 18.2. The first-order valence-corrected chi connectivity index (χ1v) is 8.92. The van der Waals surface area contributed by atoms with Gasteiger partial charge in [-0.3, -0.25) is 4.57 Å². The fourth-order valence-corrected chi connectivity index (χ4v) is 3.30. The van der Waals surface area contributed by atoms with Crippen molar-refractivity contribution < 1.29 is 13.7 Å². The molecule has 0 saturated heterocycles. The van der Waals surface area contributed by atoms with Crippen LogP contribution in [0.15, 0.2) is 68.5 Å². The van der Waals surface area contributed by atoms with E-state index >= 15 is 0 Å². The SMILES string of the molecule is COc1cccc2cc(-c3nc(-c4cccc(-n5c(C)c[nH]c5=O)c4)no3)oc12. The molecule has 0 atom stereocenters. The number of rotatable bonds is 4. The Morgan fingerprint density at radius 2 is 2.00 bits per heavy atom. The number of methoxy groups -OCH3 is 1. The first kappa shape index (κ1) is 17.1. The van der Waals surface area contributed by atoms with Crippen molar-refractivity contribution in [2.24, 2.45) is 0 Å². The number of imidazole rings is 1. The average Bonchev–Trinajstić information content (AvgIpc) is 3.46. The van der Waals surface area contributed by atoms with Crippen LogP contribution in [-0.2, 0) is 0 Å². The number of aryl methyl sites for hydroxylation is 1. The van der Waals surface area contributed by atoms with Crippen LogP contribution in [-0.4, -0.2) is 26.8 Å². The number of furan rings is 1. The third-order valence-corrected chi connectivity index (χ3v) is 4.69. The number of nitrogens with zero attached hydrogens (tertiary/aromatic N) is 3. The molecule has 0 aliphatic carbocycles. The van der Waals surface area contributed by atoms with Crippen LogP contribution in [0.1, 0.15) is 5.69 Å². The maximum absolute atomic E-state index is 12.0. The third-order valence-electron chi connectivity index (χ3n) is 4.69. The zero-order chi connectivity index (χ0) is 20.0. The fraction of sp³-hybridized carbons (Fsp3) is 0.0952. The minimum atomic E-state index is -0.204. The van der Waals surface area contributed by atoms with Gasteiger partial charge in [0.2, 0.25) is 5.82 Å². The lowest BCUT2D eigenvalue weighted by molar-refractivity contribution is 0.404. The molecule has 29 heavy (non-hydrogen) atoms. The lowest BCUT2D eigenvalue weighted by atomic mass is 10.2. The van der Waals surface area contributed by atoms with E-state index in [-0.39, 0.29) is 11.6 Å². The summed E-state index contributed by atoms with van der Waals surface area (Å²) in [6, 6.07) is 14.8. The molecule has 0 aliphatic rings. The van der Waals surface area contributed by atoms with Crippen LogP contribution in [0.5, 0.6) is 5.75 Å². The predicted molar refractivity (Wildman–Crippen MR) is 106 cm³/mol. The Bertz CT molecular complexity index is 1390. The van der Waals surface area contributed by atoms with E-state index in [1.807, 2.05) is 55.5 Å². The van der Waals surface area contributed by atoms with E-state index in [0.29, 0.717) is 28.6 Å². The second-order valence-corrected chi connectivity index (χ2v) is 6.53. The van der Waals surface area contributed by atoms with Gasteiger partial charge >= 0.3 is 5.69 Å². The highest BCUT2D eigenvalue weighted by molar-refractivity contribution is 5.86. The van der Waals surface area contributed by atoms with Crippen molar-refractivity contribution in [3.8, 4) is 34.5 Å². The summed E-state index contributed by atoms with van der Waals surface area (Å²) in [5.74, 6) is 1.75. The topological polar surface area (TPSA) is 99.1 Å². The normalized spacial score (nSPS) is 11.2. The number of hydrogen-bond acceptors (Lipinski definition) is 6. The van der Waals surface area contributed by atoms with E-state index in [1.165, 1.54) is 0 Å². The minimum absolute atomic E-state index is 0.204. The molecule has 0 amide bonds. The molecule has 0 bridgehead atoms. The van der Waals surface area contributed by atoms with Crippen molar-refractivity contribution in [2.45, 2.75) is 6.92 Å². The van der Waals surface area contributed by atoms with Gasteiger partial charge in [0, 0.05) is 22.8 Å². The second kappa shape index (κ2) is 6.52. The zero-order valence-electron chi connectivity index (χ0n) is 15.7. The number of para-hydroxylation sites is 1. The van der Waals surface area contributed by atoms with Crippen LogP contribution in [0.2, 0.25) is 0 Å². The van der Waals surface area contributed by atoms with E-state index in [9.17, 15) is 4.79 Å². The van der Waals surface area contributed by atoms with Crippen molar-refractivity contribution in [1.82, 2.24) is 19.7 Å². The molecular weight excluding hydrogens is 372 g/mol. The lowest BCUT2D eigenvalue weighted by Gasteiger charge is -2.04. The smallest absolute Gasteiger partial charge is 0.330 e. The summed E-state index contributed by atoms with van der Waals surface area (Å²) in [7, 11) is 1.59. The average molecular weight is 388 g/mol. The van der Waals surface area contributed by atoms with Gasteiger partial charge in [-0.25, -0.2) is 4.79 Å². The molecule has 5 aromatic rings. The number of aromatic nitrogens is 4. The van der Waals surface area contributed by atoms with Crippen LogP contribution in [0.25, 0.3) is 39.7 Å². The zero-order valence-corrected chi connectivity index (χ0v) is 15.7. The van der Waals surface area contributed by atoms with Crippen LogP contribution in [0.4, 0.5) is 0 Å². The van der Waals surface area contributed by atoms with E-state index < -0.39 is 0 Å². The highest BCUT2D eigenvalue weighted by Gasteiger charge is 2.17. The molecule has 8 heteroatoms. The Kier molecular flexibility index (Phi) is 3.83. The van der Waals surface area contributed by atoms with Gasteiger partial charge in [0.1, 0.15) is 0 Å². The summed E-state index contributed by atoms with van der Waals surface area (Å²) in [6.07, 6.45) is 1.66. The minimum Gasteiger partial charge on any atom is -0.493 e. The van der Waals surface area contributed by atoms with Gasteiger partial charge in [0.25, 0.3) is 5.89 Å². The first-order valence-electron chi connectivity index (χ1n) is 8.92. The lowest BCUT2D eigenvalue weighted by Crippen LogP contribution is -2.15. The van der Waals surface area contributed by atoms with Crippen molar-refractivity contribution >= 4 is 11.0 Å². The highest BCUT2D eigenvalue weighted by atomic mass is 16.5. The Balaban J connectivity index is 1.54. The molecule has 1 N–H and O–H groups in total. The molecule has 0 aliphatic heterocycles. The van der Waals surface area contributed by atoms with Gasteiger partial charge in [-0.1, -0.05) is 29.4 Å². The third kappa shape index (κ3) is 2.82. The van der Waals surface area contributed by atoms with E-state index in [1.54, 1.807) is 17.9 Å². The van der Waals surface area contributed by atoms with Crippen LogP contribution in [0, 0.1) is 6.92 Å². The number of nitrogens with one attached hydrogen (secondary N) is 1. The number of hydrogen-bond donors (Lipinski definition) is 1. The summed E-state index contributed by atoms with van der Waals surface area (Å²) in [4.78, 5) is 19.2. The summed E-state index contributed by atoms with van der Waals surface area (Å²) >= 11 is 0. The number of aromatic amines is 1. The number of ether oxygens (including phenoxy) is 1. The summed E-state index contributed by atoms with van der Waals surface area (Å²) in [5, 5.41) is 4.95. The molecule has 0 saturated carbocycles. The van der Waals surface area contributed by atoms with Crippen molar-refractivity contribution in [3.05, 3.63) is 70.9 Å². The predicted octanol–water partition coefficient (Wildman–Crippen LogP) is 3.95. The quantitative estimate of drug-likeness (QED) is 0.501. The molecule has 3 aromatic heterocycles. The second-order valence-electron chi connectivity index (χ2n) is 6.53. The molecule has 5 rings (SSSR count). The summed E-state index contributed by atoms with van der Waals surface area (Å²) in [6.45, 7) is 1.85. The molecule has 2 aromatic carbocycles. The van der Waals surface area contributed by atoms with Gasteiger partial charge in [-0.2, -0.15) is 4.98 Å². The number of fused-ring (bicyclic) bond motifs is 1. The maximum Gasteiger partial charge on any atom is 0.330 e. The van der Waals surface area contributed by atoms with Gasteiger partial charge in [-0.05, 0) is 31.2 Å². The maximum atomic E-state index is 12.0. The Labute approximate surface area is 164 Å². The molecule has 0 spiro atoms. The highest BCUT2D eigenvalue weighted by Crippen LogP contribution is 2.33. The fourth-order valence-electron chi connectivity index (χ4n) is 3.30. The molecule has 3 heterocycles. The molecular formula is C21H16N4O4. The first-order chi connectivity index (χ1) is 14.1. The largest absolute Gasteiger partial charge is 0.493 e. The Morgan fingerprint density at radius 1 is 1.14 bits per heavy atom. The summed E-state index contributed by atoms with van der Waals surface area (Å²) in [5.41, 5.74) is 2.65. The van der Waals surface area contributed by atoms with Crippen LogP contribution in [0.3, 0.4) is 0 Å². The Morgan fingerprint density at radius 3 is 2.79 bits per heavy atom. The monoisotopic (exact) mass is 388 g/mol. The van der Waals surface area contributed by atoms with Crippen molar-refractivity contribution in [1.29, 1.82) is 0 Å². The molecule has 0 radical (unpaired) electrons. The van der Waals surface area contributed by atoms with E-state index in [4.69, 9.17) is 13.7 Å². The molecule has 0 unspecified atom stereocenters. The van der Waals surface area contributed by atoms with Gasteiger partial charge in [0.15, 0.2) is 17.1 Å². The van der Waals surface area contributed by atoms with Gasteiger partial charge < -0.3 is 18.7 Å². The van der Waals surface area contributed by atoms with Gasteiger partial charge in [-0.15, -0.1) is 0 Å². The molecule has 0 fully saturated rings. The Hall–Kier alpha value is -4.07. The number of benzene rings is 2. The van der Waals surface area contributed by atoms with Crippen molar-refractivity contribution in [2.75, 3.05) is 7.11 Å². The van der Waals surface area contributed by atoms with Crippen LogP contribution < -0.4 is 10.4 Å². The number of H-pyrrole nitrogens is 1. The van der Waals surface area contributed by atoms with Gasteiger partial charge in [0.05, 0.1) is 12.8 Å². The standard InChI is InChI=1S/C21H16N4O4/c1-12-11-22-21(26)25(12)15-7-3-6-14(9-15)19-23-20(29-24-19)17-10-13-5-4-8-16(27-2)18(13)28-17/h3-11H,1-2H3,(H,22,26). The van der Waals surface area contributed by atoms with E-state index in [0.717, 1.165) is 16.6 Å². The van der Waals surface area contributed by atoms with E-state index in [2.05, 4.69) is 15.1 Å². The molecule has 144 valence electrons. The van der Waals surface area contributed by atoms with Crippen LogP contribution >= 0.6 is 0 Å². The molecule has 8 nitrogen and oxygen atoms in total. The van der Waals surface area contributed by atoms with Crippen molar-refractivity contribution in [3.63, 3.8) is 0 Å².